The molecule has 166 valence electrons. The molecule has 2 aliphatic rings. The molecule has 1 amide bonds. The number of carbonyl (C=O) groups is 1. The minimum absolute atomic E-state index is 0.156. The first-order chi connectivity index (χ1) is 14.9. The number of carbonyl (C=O) groups excluding carboxylic acids is 1. The van der Waals surface area contributed by atoms with Gasteiger partial charge in [0.15, 0.2) is 11.5 Å². The lowest BCUT2D eigenvalue weighted by molar-refractivity contribution is -0.121. The zero-order valence-corrected chi connectivity index (χ0v) is 18.5. The van der Waals surface area contributed by atoms with Crippen LogP contribution < -0.4 is 14.8 Å². The van der Waals surface area contributed by atoms with E-state index >= 15 is 0 Å². The van der Waals surface area contributed by atoms with Gasteiger partial charge in [0.1, 0.15) is 0 Å². The molecule has 0 radical (unpaired) electrons. The van der Waals surface area contributed by atoms with Crippen LogP contribution in [0, 0.1) is 6.92 Å². The summed E-state index contributed by atoms with van der Waals surface area (Å²) in [5.74, 6) is 1.01. The van der Waals surface area contributed by atoms with Crippen molar-refractivity contribution in [3.8, 4) is 11.5 Å². The number of ether oxygens (including phenoxy) is 2. The van der Waals surface area contributed by atoms with Gasteiger partial charge in [-0.1, -0.05) is 43.0 Å². The Morgan fingerprint density at radius 1 is 1.03 bits per heavy atom. The monoisotopic (exact) mass is 444 g/mol. The molecule has 31 heavy (non-hydrogen) atoms. The Bertz CT molecular complexity index is 1030. The molecule has 1 aliphatic heterocycles. The Labute approximate surface area is 183 Å². The molecule has 0 unspecified atom stereocenters. The van der Waals surface area contributed by atoms with Gasteiger partial charge >= 0.3 is 0 Å². The highest BCUT2D eigenvalue weighted by molar-refractivity contribution is 7.89. The van der Waals surface area contributed by atoms with Gasteiger partial charge in [0, 0.05) is 12.6 Å². The van der Waals surface area contributed by atoms with E-state index in [9.17, 15) is 13.2 Å². The van der Waals surface area contributed by atoms with Gasteiger partial charge in [0.05, 0.1) is 11.4 Å². The molecule has 2 aromatic carbocycles. The van der Waals surface area contributed by atoms with Crippen LogP contribution in [0.4, 0.5) is 0 Å². The average molecular weight is 445 g/mol. The molecular formula is C23H28N2O5S. The van der Waals surface area contributed by atoms with Crippen LogP contribution in [-0.2, 0) is 21.4 Å². The lowest BCUT2D eigenvalue weighted by atomic mass is 9.95. The van der Waals surface area contributed by atoms with Gasteiger partial charge in [-0.05, 0) is 49.6 Å². The summed E-state index contributed by atoms with van der Waals surface area (Å²) in [4.78, 5) is 13.0. The summed E-state index contributed by atoms with van der Waals surface area (Å²) in [5, 5.41) is 2.85. The molecule has 2 aromatic rings. The van der Waals surface area contributed by atoms with Crippen LogP contribution in [0.25, 0.3) is 0 Å². The van der Waals surface area contributed by atoms with Crippen molar-refractivity contribution in [2.45, 2.75) is 56.5 Å². The molecule has 1 saturated carbocycles. The van der Waals surface area contributed by atoms with E-state index in [2.05, 4.69) is 5.32 Å². The van der Waals surface area contributed by atoms with Crippen molar-refractivity contribution in [2.24, 2.45) is 0 Å². The summed E-state index contributed by atoms with van der Waals surface area (Å²) in [6, 6.07) is 12.1. The topological polar surface area (TPSA) is 84.9 Å². The fraction of sp³-hybridized carbons (Fsp3) is 0.435. The van der Waals surface area contributed by atoms with E-state index in [0.717, 1.165) is 43.2 Å². The quantitative estimate of drug-likeness (QED) is 0.708. The van der Waals surface area contributed by atoms with Gasteiger partial charge in [-0.15, -0.1) is 0 Å². The number of aryl methyl sites for hydroxylation is 1. The SMILES string of the molecule is Cc1ccc(S(=O)(=O)N(CC(=O)NCc2ccc3c(c2)OCO3)C2CCCCC2)cc1. The number of hydrogen-bond acceptors (Lipinski definition) is 5. The Hall–Kier alpha value is -2.58. The Morgan fingerprint density at radius 3 is 2.48 bits per heavy atom. The summed E-state index contributed by atoms with van der Waals surface area (Å²) >= 11 is 0. The fourth-order valence-electron chi connectivity index (χ4n) is 4.07. The Kier molecular flexibility index (Phi) is 6.48. The first-order valence-electron chi connectivity index (χ1n) is 10.7. The number of amides is 1. The van der Waals surface area contributed by atoms with Crippen LogP contribution in [0.2, 0.25) is 0 Å². The highest BCUT2D eigenvalue weighted by Crippen LogP contribution is 2.32. The fourth-order valence-corrected chi connectivity index (χ4v) is 5.72. The van der Waals surface area contributed by atoms with Gasteiger partial charge in [-0.3, -0.25) is 4.79 Å². The van der Waals surface area contributed by atoms with Gasteiger partial charge in [-0.25, -0.2) is 8.42 Å². The molecule has 1 aliphatic carbocycles. The predicted molar refractivity (Wildman–Crippen MR) is 116 cm³/mol. The molecule has 1 heterocycles. The molecular weight excluding hydrogens is 416 g/mol. The average Bonchev–Trinajstić information content (AvgIpc) is 3.25. The highest BCUT2D eigenvalue weighted by atomic mass is 32.2. The number of nitrogens with one attached hydrogen (secondary N) is 1. The van der Waals surface area contributed by atoms with Crippen LogP contribution >= 0.6 is 0 Å². The normalized spacial score (nSPS) is 16.5. The molecule has 8 heteroatoms. The number of sulfonamides is 1. The van der Waals surface area contributed by atoms with Crippen molar-refractivity contribution in [1.29, 1.82) is 0 Å². The first-order valence-corrected chi connectivity index (χ1v) is 12.1. The van der Waals surface area contributed by atoms with E-state index in [1.807, 2.05) is 19.1 Å². The molecule has 1 N–H and O–H groups in total. The summed E-state index contributed by atoms with van der Waals surface area (Å²) < 4.78 is 38.9. The molecule has 7 nitrogen and oxygen atoms in total. The highest BCUT2D eigenvalue weighted by Gasteiger charge is 2.33. The Morgan fingerprint density at radius 2 is 1.74 bits per heavy atom. The van der Waals surface area contributed by atoms with Gasteiger partial charge in [-0.2, -0.15) is 4.31 Å². The number of hydrogen-bond donors (Lipinski definition) is 1. The number of nitrogens with zero attached hydrogens (tertiary/aromatic N) is 1. The summed E-state index contributed by atoms with van der Waals surface area (Å²) in [6.07, 6.45) is 4.61. The minimum atomic E-state index is -3.77. The smallest absolute Gasteiger partial charge is 0.243 e. The zero-order valence-electron chi connectivity index (χ0n) is 17.7. The summed E-state index contributed by atoms with van der Waals surface area (Å²) in [7, 11) is -3.77. The molecule has 1 fully saturated rings. The van der Waals surface area contributed by atoms with Crippen molar-refractivity contribution < 1.29 is 22.7 Å². The molecule has 0 atom stereocenters. The molecule has 0 aromatic heterocycles. The van der Waals surface area contributed by atoms with Gasteiger partial charge in [0.25, 0.3) is 0 Å². The molecule has 0 spiro atoms. The number of fused-ring (bicyclic) bond motifs is 1. The van der Waals surface area contributed by atoms with E-state index in [1.54, 1.807) is 30.3 Å². The molecule has 0 saturated heterocycles. The van der Waals surface area contributed by atoms with Crippen molar-refractivity contribution in [3.63, 3.8) is 0 Å². The maximum Gasteiger partial charge on any atom is 0.243 e. The van der Waals surface area contributed by atoms with Crippen LogP contribution in [0.3, 0.4) is 0 Å². The lowest BCUT2D eigenvalue weighted by Gasteiger charge is -2.33. The van der Waals surface area contributed by atoms with E-state index in [0.29, 0.717) is 18.0 Å². The van der Waals surface area contributed by atoms with Crippen molar-refractivity contribution in [3.05, 3.63) is 53.6 Å². The van der Waals surface area contributed by atoms with E-state index in [1.165, 1.54) is 4.31 Å². The second-order valence-electron chi connectivity index (χ2n) is 8.12. The minimum Gasteiger partial charge on any atom is -0.454 e. The predicted octanol–water partition coefficient (Wildman–Crippen LogP) is 3.36. The Balaban J connectivity index is 1.47. The van der Waals surface area contributed by atoms with E-state index in [-0.39, 0.29) is 30.2 Å². The largest absolute Gasteiger partial charge is 0.454 e. The summed E-state index contributed by atoms with van der Waals surface area (Å²) in [5.41, 5.74) is 1.85. The number of rotatable bonds is 7. The zero-order chi connectivity index (χ0) is 21.8. The van der Waals surface area contributed by atoms with Gasteiger partial charge < -0.3 is 14.8 Å². The lowest BCUT2D eigenvalue weighted by Crippen LogP contribution is -2.46. The molecule has 0 bridgehead atoms. The van der Waals surface area contributed by atoms with Crippen LogP contribution in [0.5, 0.6) is 11.5 Å². The third-order valence-electron chi connectivity index (χ3n) is 5.84. The third kappa shape index (κ3) is 5.02. The van der Waals surface area contributed by atoms with Crippen LogP contribution in [0.15, 0.2) is 47.4 Å². The van der Waals surface area contributed by atoms with E-state index in [4.69, 9.17) is 9.47 Å². The van der Waals surface area contributed by atoms with Gasteiger partial charge in [0.2, 0.25) is 22.7 Å². The van der Waals surface area contributed by atoms with Crippen LogP contribution in [-0.4, -0.2) is 38.0 Å². The van der Waals surface area contributed by atoms with Crippen molar-refractivity contribution in [2.75, 3.05) is 13.3 Å². The maximum absolute atomic E-state index is 13.4. The second kappa shape index (κ2) is 9.28. The summed E-state index contributed by atoms with van der Waals surface area (Å²) in [6.45, 7) is 2.21. The standard InChI is InChI=1S/C23H28N2O5S/c1-17-7-10-20(11-8-17)31(27,28)25(19-5-3-2-4-6-19)15-23(26)24-14-18-9-12-21-22(13-18)30-16-29-21/h7-13,19H,2-6,14-16H2,1H3,(H,24,26). The third-order valence-corrected chi connectivity index (χ3v) is 7.75. The second-order valence-corrected chi connectivity index (χ2v) is 10.0. The van der Waals surface area contributed by atoms with Crippen molar-refractivity contribution >= 4 is 15.9 Å². The van der Waals surface area contributed by atoms with Crippen LogP contribution in [0.1, 0.15) is 43.2 Å². The number of benzene rings is 2. The molecule has 4 rings (SSSR count). The van der Waals surface area contributed by atoms with E-state index < -0.39 is 10.0 Å². The first kappa shape index (κ1) is 21.6. The van der Waals surface area contributed by atoms with Crippen molar-refractivity contribution in [1.82, 2.24) is 9.62 Å². The maximum atomic E-state index is 13.4.